The van der Waals surface area contributed by atoms with Crippen molar-refractivity contribution in [3.63, 3.8) is 0 Å². The molecule has 9 heteroatoms. The second-order valence-corrected chi connectivity index (χ2v) is 7.96. The van der Waals surface area contributed by atoms with Crippen molar-refractivity contribution in [3.8, 4) is 11.8 Å². The van der Waals surface area contributed by atoms with Crippen LogP contribution in [0.15, 0.2) is 23.7 Å². The van der Waals surface area contributed by atoms with Crippen LogP contribution < -0.4 is 5.32 Å². The zero-order chi connectivity index (χ0) is 22.3. The number of carbonyl (C=O) groups excluding carboxylic acids is 1. The van der Waals surface area contributed by atoms with Gasteiger partial charge in [-0.2, -0.15) is 0 Å². The van der Waals surface area contributed by atoms with Gasteiger partial charge in [0, 0.05) is 38.4 Å². The molecule has 0 fully saturated rings. The summed E-state index contributed by atoms with van der Waals surface area (Å²) in [6.07, 6.45) is 12.3. The van der Waals surface area contributed by atoms with Gasteiger partial charge >= 0.3 is 0 Å². The second kappa shape index (κ2) is 14.5. The third-order valence-electron chi connectivity index (χ3n) is 4.47. The number of nitrogens with one attached hydrogen (secondary N) is 1. The summed E-state index contributed by atoms with van der Waals surface area (Å²) in [5, 5.41) is 11.9. The van der Waals surface area contributed by atoms with Crippen molar-refractivity contribution in [2.75, 3.05) is 12.9 Å². The summed E-state index contributed by atoms with van der Waals surface area (Å²) >= 11 is 1.49. The Morgan fingerprint density at radius 2 is 2.13 bits per heavy atom. The fraction of sp³-hybridized carbons (Fsp3) is 0.591. The Balaban J connectivity index is 1.59. The molecule has 1 unspecified atom stereocenters. The second-order valence-electron chi connectivity index (χ2n) is 7.19. The smallest absolute Gasteiger partial charge is 0.220 e. The first-order valence-electron chi connectivity index (χ1n) is 10.7. The summed E-state index contributed by atoms with van der Waals surface area (Å²) in [6, 6.07) is 0. The molecular weight excluding hydrogens is 412 g/mol. The van der Waals surface area contributed by atoms with Gasteiger partial charge in [0.25, 0.3) is 0 Å². The summed E-state index contributed by atoms with van der Waals surface area (Å²) in [4.78, 5) is 20.4. The van der Waals surface area contributed by atoms with E-state index in [0.29, 0.717) is 25.8 Å². The van der Waals surface area contributed by atoms with Crippen LogP contribution >= 0.6 is 11.8 Å². The normalized spacial score (nSPS) is 11.6. The molecule has 168 valence electrons. The molecule has 2 heterocycles. The summed E-state index contributed by atoms with van der Waals surface area (Å²) in [6.45, 7) is 6.16. The van der Waals surface area contributed by atoms with Crippen molar-refractivity contribution < 1.29 is 9.53 Å². The van der Waals surface area contributed by atoms with Gasteiger partial charge in [-0.15, -0.1) is 5.10 Å². The number of carbonyl (C=O) groups is 1. The predicted molar refractivity (Wildman–Crippen MR) is 121 cm³/mol. The third kappa shape index (κ3) is 10.4. The Labute approximate surface area is 189 Å². The molecule has 0 bridgehead atoms. The average molecular weight is 445 g/mol. The number of ether oxygens (including phenoxy) is 1. The zero-order valence-electron chi connectivity index (χ0n) is 18.6. The Bertz CT molecular complexity index is 844. The number of hydrogen-bond donors (Lipinski definition) is 1. The lowest BCUT2D eigenvalue weighted by atomic mass is 10.2. The average Bonchev–Trinajstić information content (AvgIpc) is 3.24. The topological polar surface area (TPSA) is 94.8 Å². The van der Waals surface area contributed by atoms with E-state index >= 15 is 0 Å². The van der Waals surface area contributed by atoms with Gasteiger partial charge in [0.1, 0.15) is 5.69 Å². The highest BCUT2D eigenvalue weighted by Crippen LogP contribution is 2.06. The van der Waals surface area contributed by atoms with Crippen LogP contribution in [0, 0.1) is 11.8 Å². The molecule has 2 rings (SSSR count). The van der Waals surface area contributed by atoms with Gasteiger partial charge in [0.15, 0.2) is 5.16 Å². The largest absolute Gasteiger partial charge is 0.378 e. The molecular formula is C22H32N6O2S. The Morgan fingerprint density at radius 1 is 1.32 bits per heavy atom. The number of amides is 1. The van der Waals surface area contributed by atoms with E-state index in [0.717, 1.165) is 48.8 Å². The summed E-state index contributed by atoms with van der Waals surface area (Å²) in [7, 11) is 0. The van der Waals surface area contributed by atoms with Crippen LogP contribution in [0.5, 0.6) is 0 Å². The minimum absolute atomic E-state index is 0.0121. The van der Waals surface area contributed by atoms with Crippen LogP contribution in [-0.2, 0) is 22.6 Å². The minimum Gasteiger partial charge on any atom is -0.378 e. The Morgan fingerprint density at radius 3 is 2.87 bits per heavy atom. The number of nitrogens with zero attached hydrogens (tertiary/aromatic N) is 5. The van der Waals surface area contributed by atoms with Crippen LogP contribution in [0.3, 0.4) is 0 Å². The molecule has 0 aliphatic heterocycles. The van der Waals surface area contributed by atoms with E-state index in [-0.39, 0.29) is 12.0 Å². The number of unbranched alkanes of at least 4 members (excludes halogenated alkanes) is 2. The van der Waals surface area contributed by atoms with E-state index in [1.165, 1.54) is 11.8 Å². The van der Waals surface area contributed by atoms with Crippen LogP contribution in [0.1, 0.15) is 63.6 Å². The molecule has 0 saturated heterocycles. The number of hydrogen-bond acceptors (Lipinski definition) is 7. The van der Waals surface area contributed by atoms with E-state index < -0.39 is 0 Å². The highest BCUT2D eigenvalue weighted by Gasteiger charge is 2.06. The lowest BCUT2D eigenvalue weighted by Gasteiger charge is -2.12. The quantitative estimate of drug-likeness (QED) is 0.219. The maximum absolute atomic E-state index is 12.0. The predicted octanol–water partition coefficient (Wildman–Crippen LogP) is 3.22. The lowest BCUT2D eigenvalue weighted by Crippen LogP contribution is -2.22. The van der Waals surface area contributed by atoms with Crippen LogP contribution in [0.4, 0.5) is 0 Å². The maximum Gasteiger partial charge on any atom is 0.220 e. The zero-order valence-corrected chi connectivity index (χ0v) is 19.5. The van der Waals surface area contributed by atoms with Crippen LogP contribution in [0.2, 0.25) is 0 Å². The molecule has 1 amide bonds. The molecule has 31 heavy (non-hydrogen) atoms. The van der Waals surface area contributed by atoms with Gasteiger partial charge in [-0.05, 0) is 32.4 Å². The van der Waals surface area contributed by atoms with Crippen molar-refractivity contribution in [2.24, 2.45) is 0 Å². The molecule has 2 aromatic heterocycles. The molecule has 8 nitrogen and oxygen atoms in total. The van der Waals surface area contributed by atoms with Gasteiger partial charge in [-0.1, -0.05) is 42.2 Å². The highest BCUT2D eigenvalue weighted by molar-refractivity contribution is 7.98. The summed E-state index contributed by atoms with van der Waals surface area (Å²) in [5.41, 5.74) is 1.54. The van der Waals surface area contributed by atoms with Gasteiger partial charge in [0.05, 0.1) is 24.4 Å². The molecule has 2 aromatic rings. The van der Waals surface area contributed by atoms with Crippen molar-refractivity contribution in [1.29, 1.82) is 0 Å². The van der Waals surface area contributed by atoms with Gasteiger partial charge in [-0.25, -0.2) is 9.97 Å². The van der Waals surface area contributed by atoms with E-state index in [1.54, 1.807) is 17.1 Å². The summed E-state index contributed by atoms with van der Waals surface area (Å²) in [5.74, 6) is 6.06. The van der Waals surface area contributed by atoms with Gasteiger partial charge in [-0.3, -0.25) is 9.48 Å². The first kappa shape index (κ1) is 24.8. The first-order valence-corrected chi connectivity index (χ1v) is 12.0. The maximum atomic E-state index is 12.0. The molecule has 0 aliphatic rings. The molecule has 0 spiro atoms. The first-order chi connectivity index (χ1) is 15.1. The van der Waals surface area contributed by atoms with E-state index in [9.17, 15) is 4.79 Å². The fourth-order valence-electron chi connectivity index (χ4n) is 2.62. The number of rotatable bonds is 13. The molecule has 0 aliphatic carbocycles. The monoisotopic (exact) mass is 444 g/mol. The van der Waals surface area contributed by atoms with Gasteiger partial charge in [0.2, 0.25) is 5.91 Å². The molecule has 0 radical (unpaired) electrons. The fourth-order valence-corrected chi connectivity index (χ4v) is 2.94. The number of thioether (sulfide) groups is 1. The van der Waals surface area contributed by atoms with E-state index in [4.69, 9.17) is 4.74 Å². The standard InChI is InChI=1S/C22H32N6O2S/c1-4-5-13-30-18(2)11-12-28-17-20(26-27-28)16-23-21(29)10-8-6-7-9-19-14-24-22(31-3)25-15-19/h14-15,17-18H,4-6,8,10-13,16H2,1-3H3,(H,23,29). The third-order valence-corrected chi connectivity index (χ3v) is 5.04. The molecule has 1 atom stereocenters. The lowest BCUT2D eigenvalue weighted by molar-refractivity contribution is -0.121. The van der Waals surface area contributed by atoms with Crippen LogP contribution in [0.25, 0.3) is 0 Å². The summed E-state index contributed by atoms with van der Waals surface area (Å²) < 4.78 is 7.54. The number of aromatic nitrogens is 5. The van der Waals surface area contributed by atoms with Crippen molar-refractivity contribution >= 4 is 17.7 Å². The highest BCUT2D eigenvalue weighted by atomic mass is 32.2. The minimum atomic E-state index is -0.0121. The van der Waals surface area contributed by atoms with E-state index in [2.05, 4.69) is 51.3 Å². The van der Waals surface area contributed by atoms with Crippen LogP contribution in [-0.4, -0.2) is 49.8 Å². The molecule has 0 aromatic carbocycles. The van der Waals surface area contributed by atoms with Crippen molar-refractivity contribution in [3.05, 3.63) is 29.8 Å². The van der Waals surface area contributed by atoms with E-state index in [1.807, 2.05) is 12.5 Å². The SMILES string of the molecule is CCCCOC(C)CCn1cc(CNC(=O)CCCC#Cc2cnc(SC)nc2)nn1. The van der Waals surface area contributed by atoms with Crippen molar-refractivity contribution in [1.82, 2.24) is 30.3 Å². The Hall–Kier alpha value is -2.44. The van der Waals surface area contributed by atoms with Gasteiger partial charge < -0.3 is 10.1 Å². The molecule has 1 N–H and O–H groups in total. The number of aryl methyl sites for hydroxylation is 1. The molecule has 0 saturated carbocycles. The Kier molecular flexibility index (Phi) is 11.6. The van der Waals surface area contributed by atoms with Crippen molar-refractivity contribution in [2.45, 2.75) is 76.7 Å².